The average molecular weight is 277 g/mol. The average Bonchev–Trinajstić information content (AvgIpc) is 2.68. The highest BCUT2D eigenvalue weighted by Crippen LogP contribution is 2.26. The molecule has 1 atom stereocenters. The van der Waals surface area contributed by atoms with Crippen molar-refractivity contribution in [2.24, 2.45) is 0 Å². The Labute approximate surface area is 115 Å². The fourth-order valence-electron chi connectivity index (χ4n) is 2.21. The molecule has 1 unspecified atom stereocenters. The Bertz CT molecular complexity index is 581. The van der Waals surface area contributed by atoms with E-state index in [9.17, 15) is 14.4 Å². The van der Waals surface area contributed by atoms with Crippen LogP contribution in [0.3, 0.4) is 0 Å². The SMILES string of the molecule is COCCC(C)N1C(=O)c2ccc(C(=O)O)cc2C1=O. The molecule has 0 saturated carbocycles. The molecule has 2 amide bonds. The summed E-state index contributed by atoms with van der Waals surface area (Å²) in [7, 11) is 1.55. The molecule has 2 rings (SSSR count). The minimum Gasteiger partial charge on any atom is -0.478 e. The quantitative estimate of drug-likeness (QED) is 0.822. The number of carboxylic acid groups (broad SMARTS) is 1. The van der Waals surface area contributed by atoms with Gasteiger partial charge in [0.25, 0.3) is 11.8 Å². The normalized spacial score (nSPS) is 15.4. The Hall–Kier alpha value is -2.21. The molecule has 0 radical (unpaired) electrons. The van der Waals surface area contributed by atoms with E-state index in [1.807, 2.05) is 0 Å². The zero-order valence-corrected chi connectivity index (χ0v) is 11.3. The van der Waals surface area contributed by atoms with Crippen LogP contribution in [0.2, 0.25) is 0 Å². The predicted octanol–water partition coefficient (Wildman–Crippen LogP) is 1.41. The predicted molar refractivity (Wildman–Crippen MR) is 69.9 cm³/mol. The van der Waals surface area contributed by atoms with E-state index in [0.29, 0.717) is 13.0 Å². The molecule has 0 aromatic heterocycles. The van der Waals surface area contributed by atoms with E-state index in [2.05, 4.69) is 0 Å². The first-order chi connectivity index (χ1) is 9.47. The monoisotopic (exact) mass is 277 g/mol. The summed E-state index contributed by atoms with van der Waals surface area (Å²) in [6.45, 7) is 2.20. The number of carboxylic acids is 1. The summed E-state index contributed by atoms with van der Waals surface area (Å²) < 4.78 is 4.94. The molecule has 1 aromatic carbocycles. The molecule has 1 heterocycles. The van der Waals surface area contributed by atoms with E-state index in [0.717, 1.165) is 4.90 Å². The summed E-state index contributed by atoms with van der Waals surface area (Å²) in [5.74, 6) is -1.96. The first kappa shape index (κ1) is 14.2. The van der Waals surface area contributed by atoms with Crippen LogP contribution in [0.1, 0.15) is 44.4 Å². The Morgan fingerprint density at radius 1 is 1.30 bits per heavy atom. The fourth-order valence-corrected chi connectivity index (χ4v) is 2.21. The fraction of sp³-hybridized carbons (Fsp3) is 0.357. The van der Waals surface area contributed by atoms with Crippen molar-refractivity contribution >= 4 is 17.8 Å². The van der Waals surface area contributed by atoms with Gasteiger partial charge in [-0.25, -0.2) is 4.79 Å². The number of ether oxygens (including phenoxy) is 1. The van der Waals surface area contributed by atoms with Gasteiger partial charge in [-0.05, 0) is 31.5 Å². The molecule has 0 aliphatic carbocycles. The second-order valence-electron chi connectivity index (χ2n) is 4.68. The summed E-state index contributed by atoms with van der Waals surface area (Å²) in [6, 6.07) is 3.68. The molecule has 1 aliphatic heterocycles. The topological polar surface area (TPSA) is 83.9 Å². The second kappa shape index (κ2) is 5.42. The van der Waals surface area contributed by atoms with Gasteiger partial charge in [-0.1, -0.05) is 0 Å². The molecule has 1 N–H and O–H groups in total. The van der Waals surface area contributed by atoms with Gasteiger partial charge in [0.15, 0.2) is 0 Å². The third-order valence-corrected chi connectivity index (χ3v) is 3.35. The van der Waals surface area contributed by atoms with Crippen molar-refractivity contribution in [3.63, 3.8) is 0 Å². The number of carbonyl (C=O) groups is 3. The van der Waals surface area contributed by atoms with Crippen molar-refractivity contribution in [2.75, 3.05) is 13.7 Å². The number of hydrogen-bond donors (Lipinski definition) is 1. The lowest BCUT2D eigenvalue weighted by Crippen LogP contribution is -2.38. The van der Waals surface area contributed by atoms with E-state index < -0.39 is 11.9 Å². The van der Waals surface area contributed by atoms with Gasteiger partial charge < -0.3 is 9.84 Å². The first-order valence-corrected chi connectivity index (χ1v) is 6.21. The molecule has 6 nitrogen and oxygen atoms in total. The smallest absolute Gasteiger partial charge is 0.335 e. The molecule has 0 fully saturated rings. The molecule has 20 heavy (non-hydrogen) atoms. The van der Waals surface area contributed by atoms with Gasteiger partial charge in [-0.3, -0.25) is 14.5 Å². The van der Waals surface area contributed by atoms with Crippen LogP contribution in [0.25, 0.3) is 0 Å². The summed E-state index contributed by atoms with van der Waals surface area (Å²) in [5.41, 5.74) is 0.403. The highest BCUT2D eigenvalue weighted by molar-refractivity contribution is 6.22. The van der Waals surface area contributed by atoms with Gasteiger partial charge >= 0.3 is 5.97 Å². The molecular weight excluding hydrogens is 262 g/mol. The minimum absolute atomic E-state index is 0.00343. The maximum absolute atomic E-state index is 12.3. The number of rotatable bonds is 5. The third kappa shape index (κ3) is 2.30. The molecule has 106 valence electrons. The number of benzene rings is 1. The van der Waals surface area contributed by atoms with Crippen molar-refractivity contribution in [3.8, 4) is 0 Å². The van der Waals surface area contributed by atoms with E-state index in [1.165, 1.54) is 18.2 Å². The number of fused-ring (bicyclic) bond motifs is 1. The maximum Gasteiger partial charge on any atom is 0.335 e. The van der Waals surface area contributed by atoms with Gasteiger partial charge in [0.2, 0.25) is 0 Å². The van der Waals surface area contributed by atoms with Gasteiger partial charge in [-0.2, -0.15) is 0 Å². The zero-order chi connectivity index (χ0) is 14.9. The van der Waals surface area contributed by atoms with E-state index in [4.69, 9.17) is 9.84 Å². The van der Waals surface area contributed by atoms with Crippen LogP contribution in [0.15, 0.2) is 18.2 Å². The van der Waals surface area contributed by atoms with Crippen molar-refractivity contribution in [2.45, 2.75) is 19.4 Å². The molecule has 0 bridgehead atoms. The Morgan fingerprint density at radius 3 is 2.55 bits per heavy atom. The summed E-state index contributed by atoms with van der Waals surface area (Å²) in [4.78, 5) is 36.5. The van der Waals surface area contributed by atoms with E-state index in [1.54, 1.807) is 14.0 Å². The molecule has 0 saturated heterocycles. The number of nitrogens with zero attached hydrogens (tertiary/aromatic N) is 1. The van der Waals surface area contributed by atoms with Crippen molar-refractivity contribution in [3.05, 3.63) is 34.9 Å². The number of aromatic carboxylic acids is 1. The van der Waals surface area contributed by atoms with Crippen LogP contribution in [0.5, 0.6) is 0 Å². The maximum atomic E-state index is 12.3. The molecule has 1 aromatic rings. The third-order valence-electron chi connectivity index (χ3n) is 3.35. The molecule has 0 spiro atoms. The van der Waals surface area contributed by atoms with Crippen LogP contribution in [-0.2, 0) is 4.74 Å². The molecule has 1 aliphatic rings. The number of amides is 2. The summed E-state index contributed by atoms with van der Waals surface area (Å²) >= 11 is 0. The van der Waals surface area contributed by atoms with Gasteiger partial charge in [-0.15, -0.1) is 0 Å². The lowest BCUT2D eigenvalue weighted by molar-refractivity contribution is 0.0564. The zero-order valence-electron chi connectivity index (χ0n) is 11.3. The van der Waals surface area contributed by atoms with Crippen LogP contribution in [-0.4, -0.2) is 47.5 Å². The van der Waals surface area contributed by atoms with Crippen LogP contribution < -0.4 is 0 Å². The van der Waals surface area contributed by atoms with Crippen LogP contribution in [0.4, 0.5) is 0 Å². The lowest BCUT2D eigenvalue weighted by atomic mass is 10.1. The number of hydrogen-bond acceptors (Lipinski definition) is 4. The van der Waals surface area contributed by atoms with Crippen molar-refractivity contribution in [1.29, 1.82) is 0 Å². The number of carbonyl (C=O) groups excluding carboxylic acids is 2. The minimum atomic E-state index is -1.13. The second-order valence-corrected chi connectivity index (χ2v) is 4.68. The highest BCUT2D eigenvalue weighted by Gasteiger charge is 2.38. The summed E-state index contributed by atoms with van der Waals surface area (Å²) in [5, 5.41) is 8.93. The Morgan fingerprint density at radius 2 is 1.95 bits per heavy atom. The Kier molecular flexibility index (Phi) is 3.85. The van der Waals surface area contributed by atoms with Crippen LogP contribution in [0, 0.1) is 0 Å². The number of methoxy groups -OCH3 is 1. The first-order valence-electron chi connectivity index (χ1n) is 6.21. The largest absolute Gasteiger partial charge is 0.478 e. The van der Waals surface area contributed by atoms with Crippen LogP contribution >= 0.6 is 0 Å². The summed E-state index contributed by atoms with van der Waals surface area (Å²) in [6.07, 6.45) is 0.535. The molecular formula is C14H15NO5. The van der Waals surface area contributed by atoms with Gasteiger partial charge in [0.05, 0.1) is 16.7 Å². The van der Waals surface area contributed by atoms with Crippen molar-refractivity contribution < 1.29 is 24.2 Å². The highest BCUT2D eigenvalue weighted by atomic mass is 16.5. The standard InChI is InChI=1S/C14H15NO5/c1-8(5-6-20-2)15-12(16)10-4-3-9(14(18)19)7-11(10)13(15)17/h3-4,7-8H,5-6H2,1-2H3,(H,18,19). The van der Waals surface area contributed by atoms with Crippen molar-refractivity contribution in [1.82, 2.24) is 4.90 Å². The molecule has 6 heteroatoms. The van der Waals surface area contributed by atoms with E-state index in [-0.39, 0.29) is 28.6 Å². The van der Waals surface area contributed by atoms with Gasteiger partial charge in [0.1, 0.15) is 0 Å². The van der Waals surface area contributed by atoms with Gasteiger partial charge in [0, 0.05) is 19.8 Å². The lowest BCUT2D eigenvalue weighted by Gasteiger charge is -2.21. The Balaban J connectivity index is 2.32. The van der Waals surface area contributed by atoms with E-state index >= 15 is 0 Å². The number of imide groups is 1.